The predicted molar refractivity (Wildman–Crippen MR) is 76.4 cm³/mol. The molecule has 0 fully saturated rings. The molecule has 0 unspecified atom stereocenters. The van der Waals surface area contributed by atoms with Crippen LogP contribution in [0.2, 0.25) is 0 Å². The van der Waals surface area contributed by atoms with Gasteiger partial charge in [0.1, 0.15) is 4.21 Å². The van der Waals surface area contributed by atoms with E-state index in [0.717, 1.165) is 21.2 Å². The summed E-state index contributed by atoms with van der Waals surface area (Å²) in [4.78, 5) is 4.96. The van der Waals surface area contributed by atoms with Crippen LogP contribution in [0.1, 0.15) is 0 Å². The van der Waals surface area contributed by atoms with Crippen molar-refractivity contribution in [3.63, 3.8) is 0 Å². The molecule has 0 aliphatic heterocycles. The first kappa shape index (κ1) is 12.3. The lowest BCUT2D eigenvalue weighted by molar-refractivity contribution is 0.600. The fourth-order valence-corrected chi connectivity index (χ4v) is 3.72. The Bertz CT molecular complexity index is 848. The van der Waals surface area contributed by atoms with E-state index in [0.29, 0.717) is 0 Å². The maximum atomic E-state index is 11.3. The van der Waals surface area contributed by atoms with Gasteiger partial charge in [0.05, 0.1) is 0 Å². The fourth-order valence-electron chi connectivity index (χ4n) is 1.96. The van der Waals surface area contributed by atoms with Gasteiger partial charge in [0.15, 0.2) is 0 Å². The van der Waals surface area contributed by atoms with Crippen molar-refractivity contribution >= 4 is 32.1 Å². The highest BCUT2D eigenvalue weighted by molar-refractivity contribution is 7.91. The number of thiophene rings is 1. The molecule has 4 nitrogen and oxygen atoms in total. The first-order valence-corrected chi connectivity index (χ1v) is 7.88. The Hall–Kier alpha value is -1.76. The van der Waals surface area contributed by atoms with Crippen LogP contribution in [-0.2, 0) is 10.0 Å². The Morgan fingerprint density at radius 3 is 2.68 bits per heavy atom. The minimum Gasteiger partial charge on any atom is -0.264 e. The number of pyridine rings is 1. The molecule has 0 amide bonds. The maximum absolute atomic E-state index is 11.3. The third-order valence-electron chi connectivity index (χ3n) is 2.81. The van der Waals surface area contributed by atoms with E-state index >= 15 is 0 Å². The van der Waals surface area contributed by atoms with Gasteiger partial charge in [-0.25, -0.2) is 13.6 Å². The number of benzene rings is 1. The highest BCUT2D eigenvalue weighted by atomic mass is 32.2. The average Bonchev–Trinajstić information content (AvgIpc) is 2.87. The van der Waals surface area contributed by atoms with E-state index in [1.54, 1.807) is 18.5 Å². The SMILES string of the molecule is NS(=O)(=O)c1ccc(-c2cccc3cnccc23)s1. The zero-order valence-electron chi connectivity index (χ0n) is 9.78. The molecule has 6 heteroatoms. The van der Waals surface area contributed by atoms with Crippen LogP contribution in [0.15, 0.2) is 53.0 Å². The van der Waals surface area contributed by atoms with Gasteiger partial charge in [-0.3, -0.25) is 4.98 Å². The molecule has 96 valence electrons. The summed E-state index contributed by atoms with van der Waals surface area (Å²) in [6.45, 7) is 0. The van der Waals surface area contributed by atoms with Crippen molar-refractivity contribution in [3.05, 3.63) is 48.8 Å². The molecule has 2 aromatic heterocycles. The van der Waals surface area contributed by atoms with E-state index in [9.17, 15) is 8.42 Å². The largest absolute Gasteiger partial charge is 0.264 e. The van der Waals surface area contributed by atoms with Gasteiger partial charge in [0, 0.05) is 22.7 Å². The molecule has 0 aliphatic carbocycles. The Kier molecular flexibility index (Phi) is 2.85. The Morgan fingerprint density at radius 2 is 1.95 bits per heavy atom. The van der Waals surface area contributed by atoms with Crippen molar-refractivity contribution in [1.29, 1.82) is 0 Å². The van der Waals surface area contributed by atoms with Crippen molar-refractivity contribution in [1.82, 2.24) is 4.98 Å². The van der Waals surface area contributed by atoms with Crippen LogP contribution in [0.5, 0.6) is 0 Å². The summed E-state index contributed by atoms with van der Waals surface area (Å²) in [6.07, 6.45) is 3.51. The normalized spacial score (nSPS) is 11.8. The number of nitrogens with two attached hydrogens (primary N) is 1. The van der Waals surface area contributed by atoms with Gasteiger partial charge >= 0.3 is 0 Å². The first-order chi connectivity index (χ1) is 9.05. The minimum absolute atomic E-state index is 0.175. The van der Waals surface area contributed by atoms with Crippen LogP contribution in [0.3, 0.4) is 0 Å². The Balaban J connectivity index is 2.23. The van der Waals surface area contributed by atoms with Crippen LogP contribution in [0, 0.1) is 0 Å². The molecule has 0 spiro atoms. The molecule has 2 heterocycles. The molecular weight excluding hydrogens is 280 g/mol. The van der Waals surface area contributed by atoms with Gasteiger partial charge < -0.3 is 0 Å². The number of sulfonamides is 1. The number of aromatic nitrogens is 1. The van der Waals surface area contributed by atoms with Crippen LogP contribution in [0.4, 0.5) is 0 Å². The maximum Gasteiger partial charge on any atom is 0.247 e. The second-order valence-corrected chi connectivity index (χ2v) is 6.94. The number of fused-ring (bicyclic) bond motifs is 1. The number of hydrogen-bond donors (Lipinski definition) is 1. The average molecular weight is 290 g/mol. The summed E-state index contributed by atoms with van der Waals surface area (Å²) in [5.41, 5.74) is 0.986. The lowest BCUT2D eigenvalue weighted by Gasteiger charge is -2.03. The smallest absolute Gasteiger partial charge is 0.247 e. The van der Waals surface area contributed by atoms with Gasteiger partial charge in [0.25, 0.3) is 0 Å². The van der Waals surface area contributed by atoms with E-state index in [1.165, 1.54) is 17.4 Å². The van der Waals surface area contributed by atoms with Gasteiger partial charge in [-0.1, -0.05) is 18.2 Å². The summed E-state index contributed by atoms with van der Waals surface area (Å²) in [7, 11) is -3.64. The van der Waals surface area contributed by atoms with Gasteiger partial charge in [0.2, 0.25) is 10.0 Å². The van der Waals surface area contributed by atoms with Gasteiger partial charge in [-0.2, -0.15) is 0 Å². The number of rotatable bonds is 2. The summed E-state index contributed by atoms with van der Waals surface area (Å²) < 4.78 is 22.8. The second kappa shape index (κ2) is 4.41. The Labute approximate surface area is 114 Å². The molecule has 2 N–H and O–H groups in total. The molecule has 0 radical (unpaired) electrons. The summed E-state index contributed by atoms with van der Waals surface area (Å²) in [5.74, 6) is 0. The number of primary sulfonamides is 1. The quantitative estimate of drug-likeness (QED) is 0.788. The third kappa shape index (κ3) is 2.25. The van der Waals surface area contributed by atoms with Crippen LogP contribution in [0.25, 0.3) is 21.2 Å². The minimum atomic E-state index is -3.64. The highest BCUT2D eigenvalue weighted by Crippen LogP contribution is 2.34. The molecule has 3 rings (SSSR count). The van der Waals surface area contributed by atoms with Crippen LogP contribution in [-0.4, -0.2) is 13.4 Å². The summed E-state index contributed by atoms with van der Waals surface area (Å²) in [5, 5.41) is 7.19. The third-order valence-corrected chi connectivity index (χ3v) is 5.36. The summed E-state index contributed by atoms with van der Waals surface area (Å²) in [6, 6.07) is 11.1. The second-order valence-electron chi connectivity index (χ2n) is 4.07. The molecule has 0 bridgehead atoms. The summed E-state index contributed by atoms with van der Waals surface area (Å²) >= 11 is 1.17. The van der Waals surface area contributed by atoms with Crippen molar-refractivity contribution < 1.29 is 8.42 Å². The molecule has 19 heavy (non-hydrogen) atoms. The molecule has 3 aromatic rings. The van der Waals surface area contributed by atoms with E-state index in [-0.39, 0.29) is 4.21 Å². The monoisotopic (exact) mass is 290 g/mol. The van der Waals surface area contributed by atoms with E-state index in [1.807, 2.05) is 24.3 Å². The molecule has 0 saturated heterocycles. The molecular formula is C13H10N2O2S2. The molecule has 1 aromatic carbocycles. The highest BCUT2D eigenvalue weighted by Gasteiger charge is 2.13. The lowest BCUT2D eigenvalue weighted by atomic mass is 10.1. The Morgan fingerprint density at radius 1 is 1.11 bits per heavy atom. The van der Waals surface area contributed by atoms with E-state index in [4.69, 9.17) is 5.14 Å². The van der Waals surface area contributed by atoms with Crippen LogP contribution < -0.4 is 5.14 Å². The van der Waals surface area contributed by atoms with Crippen molar-refractivity contribution in [2.24, 2.45) is 5.14 Å². The van der Waals surface area contributed by atoms with Gasteiger partial charge in [-0.15, -0.1) is 11.3 Å². The zero-order valence-corrected chi connectivity index (χ0v) is 11.4. The standard InChI is InChI=1S/C13H10N2O2S2/c14-19(16,17)13-5-4-12(18-13)11-3-1-2-9-8-15-7-6-10(9)11/h1-8H,(H2,14,16,17). The molecule has 0 aliphatic rings. The number of nitrogens with zero attached hydrogens (tertiary/aromatic N) is 1. The van der Waals surface area contributed by atoms with Crippen molar-refractivity contribution in [3.8, 4) is 10.4 Å². The fraction of sp³-hybridized carbons (Fsp3) is 0. The molecule has 0 saturated carbocycles. The lowest BCUT2D eigenvalue weighted by Crippen LogP contribution is -2.09. The predicted octanol–water partition coefficient (Wildman–Crippen LogP) is 2.61. The van der Waals surface area contributed by atoms with Crippen LogP contribution >= 0.6 is 11.3 Å². The van der Waals surface area contributed by atoms with Crippen molar-refractivity contribution in [2.75, 3.05) is 0 Å². The number of hydrogen-bond acceptors (Lipinski definition) is 4. The van der Waals surface area contributed by atoms with E-state index in [2.05, 4.69) is 4.98 Å². The topological polar surface area (TPSA) is 73.1 Å². The molecule has 0 atom stereocenters. The zero-order chi connectivity index (χ0) is 13.5. The first-order valence-electron chi connectivity index (χ1n) is 5.51. The van der Waals surface area contributed by atoms with E-state index < -0.39 is 10.0 Å². The van der Waals surface area contributed by atoms with Gasteiger partial charge in [-0.05, 0) is 29.1 Å². The van der Waals surface area contributed by atoms with Crippen molar-refractivity contribution in [2.45, 2.75) is 4.21 Å².